The molecule has 24 heavy (non-hydrogen) atoms. The molecule has 0 saturated heterocycles. The number of unbranched alkanes of at least 4 members (excludes halogenated alkanes) is 1. The number of benzene rings is 2. The zero-order valence-corrected chi connectivity index (χ0v) is 14.3. The molecule has 0 heterocycles. The summed E-state index contributed by atoms with van der Waals surface area (Å²) in [6, 6.07) is 13.5. The van der Waals surface area contributed by atoms with Crippen molar-refractivity contribution >= 4 is 35.1 Å². The maximum atomic E-state index is 11.7. The summed E-state index contributed by atoms with van der Waals surface area (Å²) >= 11 is 11.8. The molecule has 0 radical (unpaired) electrons. The van der Waals surface area contributed by atoms with Crippen molar-refractivity contribution in [3.05, 3.63) is 58.6 Å². The maximum Gasteiger partial charge on any atom is 0.311 e. The van der Waals surface area contributed by atoms with Crippen molar-refractivity contribution in [1.29, 1.82) is 0 Å². The van der Waals surface area contributed by atoms with E-state index < -0.39 is 0 Å². The van der Waals surface area contributed by atoms with Gasteiger partial charge in [-0.2, -0.15) is 0 Å². The van der Waals surface area contributed by atoms with Gasteiger partial charge in [0.05, 0.1) is 10.0 Å². The lowest BCUT2D eigenvalue weighted by Crippen LogP contribution is -2.10. The van der Waals surface area contributed by atoms with Crippen molar-refractivity contribution in [1.82, 2.24) is 0 Å². The van der Waals surface area contributed by atoms with Gasteiger partial charge in [0, 0.05) is 12.8 Å². The molecular formula is C18H16Cl2O4. The molecule has 6 heteroatoms. The van der Waals surface area contributed by atoms with Gasteiger partial charge in [-0.1, -0.05) is 47.5 Å². The molecule has 0 aliphatic carbocycles. The number of esters is 2. The number of hydrogen-bond donors (Lipinski definition) is 0. The van der Waals surface area contributed by atoms with Crippen LogP contribution in [0.3, 0.4) is 0 Å². The standard InChI is InChI=1S/C18H16Cl2O4/c19-13-7-1-3-9-15(13)23-17(21)11-5-6-12-18(22)24-16-10-4-2-8-14(16)20/h1-4,7-10H,5-6,11-12H2. The van der Waals surface area contributed by atoms with Crippen LogP contribution in [0, 0.1) is 0 Å². The smallest absolute Gasteiger partial charge is 0.311 e. The summed E-state index contributed by atoms with van der Waals surface area (Å²) in [5.41, 5.74) is 0. The first kappa shape index (κ1) is 18.3. The molecule has 0 amide bonds. The summed E-state index contributed by atoms with van der Waals surface area (Å²) < 4.78 is 10.3. The Balaban J connectivity index is 1.67. The first-order valence-corrected chi connectivity index (χ1v) is 8.22. The monoisotopic (exact) mass is 366 g/mol. The van der Waals surface area contributed by atoms with Gasteiger partial charge in [0.25, 0.3) is 0 Å². The van der Waals surface area contributed by atoms with Gasteiger partial charge in [0.2, 0.25) is 0 Å². The Bertz CT molecular complexity index is 654. The molecule has 0 aromatic heterocycles. The van der Waals surface area contributed by atoms with E-state index >= 15 is 0 Å². The molecule has 0 saturated carbocycles. The van der Waals surface area contributed by atoms with Gasteiger partial charge in [-0.25, -0.2) is 0 Å². The average Bonchev–Trinajstić information content (AvgIpc) is 2.56. The van der Waals surface area contributed by atoms with Gasteiger partial charge in [-0.15, -0.1) is 0 Å². The average molecular weight is 367 g/mol. The molecule has 0 N–H and O–H groups in total. The molecule has 0 aliphatic rings. The maximum absolute atomic E-state index is 11.7. The Morgan fingerprint density at radius 2 is 1.08 bits per heavy atom. The fourth-order valence-corrected chi connectivity index (χ4v) is 2.29. The van der Waals surface area contributed by atoms with Crippen LogP contribution >= 0.6 is 23.2 Å². The van der Waals surface area contributed by atoms with Crippen molar-refractivity contribution < 1.29 is 19.1 Å². The van der Waals surface area contributed by atoms with Crippen LogP contribution in [0.2, 0.25) is 10.0 Å². The Morgan fingerprint density at radius 3 is 1.46 bits per heavy atom. The van der Waals surface area contributed by atoms with E-state index in [0.717, 1.165) is 0 Å². The van der Waals surface area contributed by atoms with Crippen LogP contribution < -0.4 is 9.47 Å². The Kier molecular flexibility index (Phi) is 7.09. The molecule has 2 aromatic rings. The molecule has 2 aromatic carbocycles. The predicted octanol–water partition coefficient (Wildman–Crippen LogP) is 5.06. The van der Waals surface area contributed by atoms with Crippen LogP contribution in [0.4, 0.5) is 0 Å². The van der Waals surface area contributed by atoms with E-state index in [1.165, 1.54) is 0 Å². The van der Waals surface area contributed by atoms with Gasteiger partial charge < -0.3 is 9.47 Å². The fourth-order valence-electron chi connectivity index (χ4n) is 1.94. The second kappa shape index (κ2) is 9.30. The first-order chi connectivity index (χ1) is 11.6. The fraction of sp³-hybridized carbons (Fsp3) is 0.222. The Labute approximate surface area is 150 Å². The highest BCUT2D eigenvalue weighted by molar-refractivity contribution is 6.32. The third kappa shape index (κ3) is 5.87. The third-order valence-electron chi connectivity index (χ3n) is 3.13. The summed E-state index contributed by atoms with van der Waals surface area (Å²) in [4.78, 5) is 23.5. The van der Waals surface area contributed by atoms with E-state index in [-0.39, 0.29) is 24.8 Å². The normalized spacial score (nSPS) is 10.2. The van der Waals surface area contributed by atoms with Crippen LogP contribution in [0.15, 0.2) is 48.5 Å². The third-order valence-corrected chi connectivity index (χ3v) is 3.76. The second-order valence-electron chi connectivity index (χ2n) is 5.02. The highest BCUT2D eigenvalue weighted by atomic mass is 35.5. The zero-order valence-electron chi connectivity index (χ0n) is 12.8. The summed E-state index contributed by atoms with van der Waals surface area (Å²) in [5, 5.41) is 0.767. The number of rotatable bonds is 7. The van der Waals surface area contributed by atoms with Gasteiger partial charge in [-0.05, 0) is 37.1 Å². The van der Waals surface area contributed by atoms with Gasteiger partial charge in [0.15, 0.2) is 0 Å². The quantitative estimate of drug-likeness (QED) is 0.390. The largest absolute Gasteiger partial charge is 0.425 e. The van der Waals surface area contributed by atoms with Gasteiger partial charge in [0.1, 0.15) is 11.5 Å². The summed E-state index contributed by atoms with van der Waals surface area (Å²) in [6.07, 6.45) is 1.43. The number of carbonyl (C=O) groups excluding carboxylic acids is 2. The minimum atomic E-state index is -0.387. The predicted molar refractivity (Wildman–Crippen MR) is 92.6 cm³/mol. The lowest BCUT2D eigenvalue weighted by molar-refractivity contribution is -0.136. The van der Waals surface area contributed by atoms with Crippen LogP contribution in [0.5, 0.6) is 11.5 Å². The zero-order chi connectivity index (χ0) is 17.4. The van der Waals surface area contributed by atoms with Crippen molar-refractivity contribution in [2.75, 3.05) is 0 Å². The summed E-state index contributed by atoms with van der Waals surface area (Å²) in [7, 11) is 0. The number of carbonyl (C=O) groups is 2. The van der Waals surface area contributed by atoms with Gasteiger partial charge in [-0.3, -0.25) is 9.59 Å². The SMILES string of the molecule is O=C(CCCCC(=O)Oc1ccccc1Cl)Oc1ccccc1Cl. The van der Waals surface area contributed by atoms with E-state index in [9.17, 15) is 9.59 Å². The highest BCUT2D eigenvalue weighted by Crippen LogP contribution is 2.24. The van der Waals surface area contributed by atoms with Crippen molar-refractivity contribution in [3.8, 4) is 11.5 Å². The van der Waals surface area contributed by atoms with Crippen LogP contribution in [0.25, 0.3) is 0 Å². The molecule has 0 spiro atoms. The molecular weight excluding hydrogens is 351 g/mol. The molecule has 126 valence electrons. The second-order valence-corrected chi connectivity index (χ2v) is 5.83. The van der Waals surface area contributed by atoms with Crippen molar-refractivity contribution in [2.45, 2.75) is 25.7 Å². The number of halogens is 2. The topological polar surface area (TPSA) is 52.6 Å². The molecule has 0 atom stereocenters. The van der Waals surface area contributed by atoms with Crippen LogP contribution in [-0.4, -0.2) is 11.9 Å². The summed E-state index contributed by atoms with van der Waals surface area (Å²) in [5.74, 6) is -0.102. The number of ether oxygens (including phenoxy) is 2. The molecule has 0 unspecified atom stereocenters. The molecule has 0 aliphatic heterocycles. The van der Waals surface area contributed by atoms with E-state index in [4.69, 9.17) is 32.7 Å². The minimum absolute atomic E-state index is 0.199. The number of hydrogen-bond acceptors (Lipinski definition) is 4. The van der Waals surface area contributed by atoms with Crippen LogP contribution in [0.1, 0.15) is 25.7 Å². The van der Waals surface area contributed by atoms with Gasteiger partial charge >= 0.3 is 11.9 Å². The Morgan fingerprint density at radius 1 is 0.708 bits per heavy atom. The minimum Gasteiger partial charge on any atom is -0.425 e. The molecule has 4 nitrogen and oxygen atoms in total. The Hall–Kier alpha value is -2.04. The first-order valence-electron chi connectivity index (χ1n) is 7.46. The van der Waals surface area contributed by atoms with E-state index in [0.29, 0.717) is 34.4 Å². The van der Waals surface area contributed by atoms with E-state index in [1.54, 1.807) is 48.5 Å². The van der Waals surface area contributed by atoms with E-state index in [1.807, 2.05) is 0 Å². The van der Waals surface area contributed by atoms with Crippen molar-refractivity contribution in [3.63, 3.8) is 0 Å². The summed E-state index contributed by atoms with van der Waals surface area (Å²) in [6.45, 7) is 0. The molecule has 0 bridgehead atoms. The lowest BCUT2D eigenvalue weighted by Gasteiger charge is -2.07. The van der Waals surface area contributed by atoms with Crippen molar-refractivity contribution in [2.24, 2.45) is 0 Å². The van der Waals surface area contributed by atoms with E-state index in [2.05, 4.69) is 0 Å². The molecule has 0 fully saturated rings. The highest BCUT2D eigenvalue weighted by Gasteiger charge is 2.10. The van der Waals surface area contributed by atoms with Crippen LogP contribution in [-0.2, 0) is 9.59 Å². The lowest BCUT2D eigenvalue weighted by atomic mass is 10.2. The number of para-hydroxylation sites is 2. The molecule has 2 rings (SSSR count).